The third-order valence-electron chi connectivity index (χ3n) is 3.55. The number of benzene rings is 1. The van der Waals surface area contributed by atoms with Crippen molar-refractivity contribution in [3.63, 3.8) is 0 Å². The molecule has 3 rings (SSSR count). The Morgan fingerprint density at radius 1 is 1.22 bits per heavy atom. The maximum Gasteiger partial charge on any atom is 0.251 e. The third kappa shape index (κ3) is 3.45. The molecule has 1 aromatic carbocycles. The van der Waals surface area contributed by atoms with E-state index in [1.54, 1.807) is 23.5 Å². The van der Waals surface area contributed by atoms with Crippen LogP contribution in [0.1, 0.15) is 35.1 Å². The molecule has 2 heterocycles. The van der Waals surface area contributed by atoms with E-state index < -0.39 is 0 Å². The first-order valence-corrected chi connectivity index (χ1v) is 8.21. The molecule has 0 aliphatic carbocycles. The summed E-state index contributed by atoms with van der Waals surface area (Å²) in [5.74, 6) is 0.739. The highest BCUT2D eigenvalue weighted by Crippen LogP contribution is 2.26. The van der Waals surface area contributed by atoms with Crippen molar-refractivity contribution in [2.24, 2.45) is 5.92 Å². The van der Waals surface area contributed by atoms with Crippen molar-refractivity contribution in [2.75, 3.05) is 0 Å². The average molecular weight is 327 g/mol. The van der Waals surface area contributed by atoms with Gasteiger partial charge in [0.2, 0.25) is 5.82 Å². The van der Waals surface area contributed by atoms with Gasteiger partial charge in [-0.15, -0.1) is 21.5 Å². The van der Waals surface area contributed by atoms with Gasteiger partial charge in [0.1, 0.15) is 0 Å². The van der Waals surface area contributed by atoms with E-state index in [1.165, 1.54) is 0 Å². The van der Waals surface area contributed by atoms with Crippen LogP contribution in [0.4, 0.5) is 0 Å². The second-order valence-electron chi connectivity index (χ2n) is 5.52. The molecular formula is C16H17N5OS. The highest BCUT2D eigenvalue weighted by Gasteiger charge is 2.20. The van der Waals surface area contributed by atoms with E-state index in [4.69, 9.17) is 0 Å². The molecule has 0 fully saturated rings. The summed E-state index contributed by atoms with van der Waals surface area (Å²) < 4.78 is 0. The van der Waals surface area contributed by atoms with Crippen molar-refractivity contribution in [3.05, 3.63) is 52.2 Å². The van der Waals surface area contributed by atoms with Gasteiger partial charge in [-0.3, -0.25) is 4.79 Å². The van der Waals surface area contributed by atoms with Crippen LogP contribution in [0.25, 0.3) is 11.4 Å². The van der Waals surface area contributed by atoms with Gasteiger partial charge in [0.15, 0.2) is 0 Å². The molecule has 0 spiro atoms. The van der Waals surface area contributed by atoms with Crippen LogP contribution in [0.15, 0.2) is 41.8 Å². The number of hydrogen-bond acceptors (Lipinski definition) is 5. The Labute approximate surface area is 137 Å². The zero-order valence-electron chi connectivity index (χ0n) is 12.9. The van der Waals surface area contributed by atoms with Crippen molar-refractivity contribution in [2.45, 2.75) is 19.9 Å². The second-order valence-corrected chi connectivity index (χ2v) is 6.50. The molecule has 23 heavy (non-hydrogen) atoms. The summed E-state index contributed by atoms with van der Waals surface area (Å²) in [6.45, 7) is 4.20. The number of carbonyl (C=O) groups is 1. The molecule has 0 saturated carbocycles. The lowest BCUT2D eigenvalue weighted by molar-refractivity contribution is 0.0926. The fraction of sp³-hybridized carbons (Fsp3) is 0.250. The minimum absolute atomic E-state index is 0.0133. The summed E-state index contributed by atoms with van der Waals surface area (Å²) >= 11 is 1.66. The van der Waals surface area contributed by atoms with Gasteiger partial charge in [-0.2, -0.15) is 5.21 Å². The molecule has 3 aromatic rings. The predicted octanol–water partition coefficient (Wildman–Crippen LogP) is 3.06. The van der Waals surface area contributed by atoms with Crippen LogP contribution in [0.2, 0.25) is 0 Å². The van der Waals surface area contributed by atoms with Gasteiger partial charge >= 0.3 is 0 Å². The van der Waals surface area contributed by atoms with Gasteiger partial charge in [0.05, 0.1) is 6.04 Å². The smallest absolute Gasteiger partial charge is 0.251 e. The maximum absolute atomic E-state index is 12.5. The Kier molecular flexibility index (Phi) is 4.47. The number of rotatable bonds is 5. The van der Waals surface area contributed by atoms with Crippen molar-refractivity contribution in [3.8, 4) is 11.4 Å². The zero-order valence-corrected chi connectivity index (χ0v) is 13.7. The van der Waals surface area contributed by atoms with Crippen LogP contribution in [0, 0.1) is 5.92 Å². The number of aromatic nitrogens is 4. The Bertz CT molecular complexity index is 750. The van der Waals surface area contributed by atoms with Crippen molar-refractivity contribution < 1.29 is 4.79 Å². The summed E-state index contributed by atoms with van der Waals surface area (Å²) in [5.41, 5.74) is 1.42. The Hall–Kier alpha value is -2.54. The second kappa shape index (κ2) is 6.70. The first-order chi connectivity index (χ1) is 11.1. The summed E-state index contributed by atoms with van der Waals surface area (Å²) in [6.07, 6.45) is 0. The monoisotopic (exact) mass is 327 g/mol. The molecule has 6 nitrogen and oxygen atoms in total. The minimum atomic E-state index is -0.0863. The molecule has 0 unspecified atom stereocenters. The summed E-state index contributed by atoms with van der Waals surface area (Å²) in [4.78, 5) is 13.7. The van der Waals surface area contributed by atoms with E-state index in [1.807, 2.05) is 23.6 Å². The number of tetrazole rings is 1. The molecule has 1 amide bonds. The Morgan fingerprint density at radius 2 is 2.00 bits per heavy atom. The van der Waals surface area contributed by atoms with Crippen LogP contribution < -0.4 is 5.32 Å². The first-order valence-electron chi connectivity index (χ1n) is 7.33. The number of nitrogens with one attached hydrogen (secondary N) is 2. The average Bonchev–Trinajstić information content (AvgIpc) is 3.25. The highest BCUT2D eigenvalue weighted by atomic mass is 32.1. The van der Waals surface area contributed by atoms with Crippen LogP contribution in [0.5, 0.6) is 0 Å². The highest BCUT2D eigenvalue weighted by molar-refractivity contribution is 7.10. The van der Waals surface area contributed by atoms with Crippen LogP contribution in [0.3, 0.4) is 0 Å². The molecule has 0 aliphatic rings. The summed E-state index contributed by atoms with van der Waals surface area (Å²) in [7, 11) is 0. The molecular weight excluding hydrogens is 310 g/mol. The van der Waals surface area contributed by atoms with Crippen LogP contribution in [-0.4, -0.2) is 26.5 Å². The van der Waals surface area contributed by atoms with Crippen molar-refractivity contribution >= 4 is 17.2 Å². The van der Waals surface area contributed by atoms with Gasteiger partial charge in [-0.25, -0.2) is 0 Å². The number of aromatic amines is 1. The summed E-state index contributed by atoms with van der Waals surface area (Å²) in [5, 5.41) is 18.9. The van der Waals surface area contributed by atoms with Crippen LogP contribution in [-0.2, 0) is 0 Å². The van der Waals surface area contributed by atoms with Gasteiger partial charge in [-0.05, 0) is 34.7 Å². The predicted molar refractivity (Wildman–Crippen MR) is 89.0 cm³/mol. The lowest BCUT2D eigenvalue weighted by Crippen LogP contribution is -2.31. The zero-order chi connectivity index (χ0) is 16.2. The lowest BCUT2D eigenvalue weighted by atomic mass is 10.0. The number of amides is 1. The van der Waals surface area contributed by atoms with E-state index in [2.05, 4.69) is 45.9 Å². The van der Waals surface area contributed by atoms with Gasteiger partial charge in [0, 0.05) is 16.0 Å². The normalized spacial score (nSPS) is 12.3. The molecule has 0 bridgehead atoms. The summed E-state index contributed by atoms with van der Waals surface area (Å²) in [6, 6.07) is 11.2. The SMILES string of the molecule is CC(C)[C@@H](NC(=O)c1ccc(-c2nn[nH]n2)cc1)c1cccs1. The topological polar surface area (TPSA) is 83.6 Å². The largest absolute Gasteiger partial charge is 0.344 e. The number of nitrogens with zero attached hydrogens (tertiary/aromatic N) is 3. The lowest BCUT2D eigenvalue weighted by Gasteiger charge is -2.21. The quantitative estimate of drug-likeness (QED) is 0.754. The van der Waals surface area contributed by atoms with Gasteiger partial charge < -0.3 is 5.32 Å². The van der Waals surface area contributed by atoms with E-state index in [0.29, 0.717) is 17.3 Å². The van der Waals surface area contributed by atoms with E-state index in [9.17, 15) is 4.79 Å². The third-order valence-corrected chi connectivity index (χ3v) is 4.51. The maximum atomic E-state index is 12.5. The van der Waals surface area contributed by atoms with Crippen molar-refractivity contribution in [1.82, 2.24) is 25.9 Å². The standard InChI is InChI=1S/C16H17N5OS/c1-10(2)14(13-4-3-9-23-13)17-16(22)12-7-5-11(6-8-12)15-18-20-21-19-15/h3-10,14H,1-2H3,(H,17,22)(H,18,19,20,21)/t14-/m1/s1. The minimum Gasteiger partial charge on any atom is -0.344 e. The van der Waals surface area contributed by atoms with Gasteiger partial charge in [0.25, 0.3) is 5.91 Å². The van der Waals surface area contributed by atoms with Gasteiger partial charge in [-0.1, -0.05) is 32.0 Å². The number of hydrogen-bond donors (Lipinski definition) is 2. The number of thiophene rings is 1. The van der Waals surface area contributed by atoms with E-state index >= 15 is 0 Å². The Balaban J connectivity index is 1.75. The van der Waals surface area contributed by atoms with E-state index in [0.717, 1.165) is 10.4 Å². The molecule has 2 N–H and O–H groups in total. The molecule has 2 aromatic heterocycles. The molecule has 118 valence electrons. The first kappa shape index (κ1) is 15.4. The number of H-pyrrole nitrogens is 1. The van der Waals surface area contributed by atoms with Crippen molar-refractivity contribution in [1.29, 1.82) is 0 Å². The van der Waals surface area contributed by atoms with Crippen LogP contribution >= 0.6 is 11.3 Å². The number of carbonyl (C=O) groups excluding carboxylic acids is 1. The Morgan fingerprint density at radius 3 is 2.57 bits per heavy atom. The molecule has 0 saturated heterocycles. The molecule has 0 radical (unpaired) electrons. The molecule has 0 aliphatic heterocycles. The molecule has 7 heteroatoms. The van der Waals surface area contributed by atoms with E-state index in [-0.39, 0.29) is 11.9 Å². The fourth-order valence-electron chi connectivity index (χ4n) is 2.31. The molecule has 1 atom stereocenters. The fourth-order valence-corrected chi connectivity index (χ4v) is 3.26.